The minimum absolute atomic E-state index is 0.0575. The van der Waals surface area contributed by atoms with E-state index in [-0.39, 0.29) is 5.91 Å². The number of halogens is 2. The van der Waals surface area contributed by atoms with Crippen LogP contribution in [0.1, 0.15) is 25.8 Å². The molecule has 0 atom stereocenters. The Kier molecular flexibility index (Phi) is 7.10. The van der Waals surface area contributed by atoms with E-state index >= 15 is 0 Å². The minimum Gasteiger partial charge on any atom is -0.325 e. The summed E-state index contributed by atoms with van der Waals surface area (Å²) in [6.07, 6.45) is 0.407. The van der Waals surface area contributed by atoms with Crippen LogP contribution in [0.15, 0.2) is 48.5 Å². The molecule has 0 radical (unpaired) electrons. The van der Waals surface area contributed by atoms with Crippen molar-refractivity contribution >= 4 is 34.8 Å². The van der Waals surface area contributed by atoms with Crippen molar-refractivity contribution < 1.29 is 4.79 Å². The van der Waals surface area contributed by atoms with Crippen LogP contribution in [0, 0.1) is 0 Å². The number of hydrogen-bond acceptors (Lipinski definition) is 2. The van der Waals surface area contributed by atoms with E-state index in [2.05, 4.69) is 36.2 Å². The fourth-order valence-corrected chi connectivity index (χ4v) is 2.84. The zero-order valence-corrected chi connectivity index (χ0v) is 15.4. The SMILES string of the molecule is CC(C)N(CCC(=O)Nc1ccc(Cl)cc1Cl)Cc1ccccc1. The van der Waals surface area contributed by atoms with Crippen LogP contribution < -0.4 is 5.32 Å². The smallest absolute Gasteiger partial charge is 0.225 e. The van der Waals surface area contributed by atoms with E-state index in [9.17, 15) is 4.79 Å². The lowest BCUT2D eigenvalue weighted by molar-refractivity contribution is -0.116. The van der Waals surface area contributed by atoms with Crippen molar-refractivity contribution in [2.45, 2.75) is 32.9 Å². The molecule has 2 aromatic carbocycles. The number of nitrogens with one attached hydrogen (secondary N) is 1. The van der Waals surface area contributed by atoms with Crippen LogP contribution in [0.4, 0.5) is 5.69 Å². The summed E-state index contributed by atoms with van der Waals surface area (Å²) < 4.78 is 0. The molecule has 5 heteroatoms. The van der Waals surface area contributed by atoms with Crippen molar-refractivity contribution in [2.75, 3.05) is 11.9 Å². The van der Waals surface area contributed by atoms with Gasteiger partial charge in [0, 0.05) is 30.6 Å². The third kappa shape index (κ3) is 5.82. The number of amides is 1. The summed E-state index contributed by atoms with van der Waals surface area (Å²) in [4.78, 5) is 14.5. The number of carbonyl (C=O) groups is 1. The second-order valence-corrected chi connectivity index (χ2v) is 6.82. The summed E-state index contributed by atoms with van der Waals surface area (Å²) in [7, 11) is 0. The van der Waals surface area contributed by atoms with E-state index < -0.39 is 0 Å². The molecule has 0 saturated carbocycles. The molecular weight excluding hydrogens is 343 g/mol. The van der Waals surface area contributed by atoms with Gasteiger partial charge in [0.05, 0.1) is 10.7 Å². The number of carbonyl (C=O) groups excluding carboxylic acids is 1. The fourth-order valence-electron chi connectivity index (χ4n) is 2.39. The van der Waals surface area contributed by atoms with Gasteiger partial charge in [-0.15, -0.1) is 0 Å². The van der Waals surface area contributed by atoms with E-state index in [4.69, 9.17) is 23.2 Å². The molecular formula is C19H22Cl2N2O. The van der Waals surface area contributed by atoms with Gasteiger partial charge in [-0.2, -0.15) is 0 Å². The lowest BCUT2D eigenvalue weighted by atomic mass is 10.2. The Labute approximate surface area is 153 Å². The third-order valence-corrected chi connectivity index (χ3v) is 4.34. The first kappa shape index (κ1) is 18.8. The first-order valence-corrected chi connectivity index (χ1v) is 8.74. The van der Waals surface area contributed by atoms with Gasteiger partial charge in [0.25, 0.3) is 0 Å². The quantitative estimate of drug-likeness (QED) is 0.728. The molecule has 1 N–H and O–H groups in total. The first-order chi connectivity index (χ1) is 11.5. The Balaban J connectivity index is 1.90. The Morgan fingerprint density at radius 1 is 1.12 bits per heavy atom. The molecule has 0 unspecified atom stereocenters. The highest BCUT2D eigenvalue weighted by molar-refractivity contribution is 6.36. The molecule has 0 aliphatic heterocycles. The first-order valence-electron chi connectivity index (χ1n) is 7.98. The van der Waals surface area contributed by atoms with E-state index in [0.29, 0.717) is 34.7 Å². The molecule has 1 amide bonds. The van der Waals surface area contributed by atoms with Crippen molar-refractivity contribution in [3.05, 3.63) is 64.1 Å². The fraction of sp³-hybridized carbons (Fsp3) is 0.316. The van der Waals surface area contributed by atoms with Gasteiger partial charge in [0.1, 0.15) is 0 Å². The van der Waals surface area contributed by atoms with Crippen molar-refractivity contribution in [2.24, 2.45) is 0 Å². The molecule has 0 spiro atoms. The molecule has 0 bridgehead atoms. The summed E-state index contributed by atoms with van der Waals surface area (Å²) in [5.41, 5.74) is 1.83. The molecule has 0 aliphatic carbocycles. The molecule has 0 heterocycles. The van der Waals surface area contributed by atoms with Gasteiger partial charge in [0.2, 0.25) is 5.91 Å². The van der Waals surface area contributed by atoms with Crippen LogP contribution in [0.2, 0.25) is 10.0 Å². The van der Waals surface area contributed by atoms with Crippen molar-refractivity contribution in [3.8, 4) is 0 Å². The molecule has 2 rings (SSSR count). The minimum atomic E-state index is -0.0575. The molecule has 2 aromatic rings. The third-order valence-electron chi connectivity index (χ3n) is 3.79. The van der Waals surface area contributed by atoms with Gasteiger partial charge < -0.3 is 5.32 Å². The topological polar surface area (TPSA) is 32.3 Å². The highest BCUT2D eigenvalue weighted by Crippen LogP contribution is 2.25. The second kappa shape index (κ2) is 9.07. The van der Waals surface area contributed by atoms with Crippen LogP contribution in [0.3, 0.4) is 0 Å². The number of rotatable bonds is 7. The lowest BCUT2D eigenvalue weighted by Gasteiger charge is -2.26. The highest BCUT2D eigenvalue weighted by Gasteiger charge is 2.13. The number of anilines is 1. The van der Waals surface area contributed by atoms with Gasteiger partial charge >= 0.3 is 0 Å². The zero-order chi connectivity index (χ0) is 17.5. The standard InChI is InChI=1S/C19H22Cl2N2O/c1-14(2)23(13-15-6-4-3-5-7-15)11-10-19(24)22-18-9-8-16(20)12-17(18)21/h3-9,12,14H,10-11,13H2,1-2H3,(H,22,24). The van der Waals surface area contributed by atoms with Crippen LogP contribution >= 0.6 is 23.2 Å². The normalized spacial score (nSPS) is 11.1. The van der Waals surface area contributed by atoms with Crippen molar-refractivity contribution in [3.63, 3.8) is 0 Å². The van der Waals surface area contributed by atoms with E-state index in [1.165, 1.54) is 5.56 Å². The second-order valence-electron chi connectivity index (χ2n) is 5.97. The summed E-state index contributed by atoms with van der Waals surface area (Å²) in [5, 5.41) is 3.83. The van der Waals surface area contributed by atoms with E-state index in [0.717, 1.165) is 6.54 Å². The molecule has 0 aliphatic rings. The molecule has 0 fully saturated rings. The predicted octanol–water partition coefficient (Wildman–Crippen LogP) is 5.23. The summed E-state index contributed by atoms with van der Waals surface area (Å²) in [5.74, 6) is -0.0575. The molecule has 0 aromatic heterocycles. The summed E-state index contributed by atoms with van der Waals surface area (Å²) in [6, 6.07) is 15.7. The summed E-state index contributed by atoms with van der Waals surface area (Å²) in [6.45, 7) is 5.78. The van der Waals surface area contributed by atoms with Gasteiger partial charge in [-0.3, -0.25) is 9.69 Å². The number of hydrogen-bond donors (Lipinski definition) is 1. The van der Waals surface area contributed by atoms with Crippen LogP contribution in [0.25, 0.3) is 0 Å². The van der Waals surface area contributed by atoms with Gasteiger partial charge in [-0.1, -0.05) is 53.5 Å². The van der Waals surface area contributed by atoms with Crippen molar-refractivity contribution in [1.82, 2.24) is 4.90 Å². The largest absolute Gasteiger partial charge is 0.325 e. The number of nitrogens with zero attached hydrogens (tertiary/aromatic N) is 1. The highest BCUT2D eigenvalue weighted by atomic mass is 35.5. The Morgan fingerprint density at radius 3 is 2.46 bits per heavy atom. The predicted molar refractivity (Wildman–Crippen MR) is 102 cm³/mol. The Hall–Kier alpha value is -1.55. The van der Waals surface area contributed by atoms with E-state index in [1.54, 1.807) is 18.2 Å². The molecule has 128 valence electrons. The zero-order valence-electron chi connectivity index (χ0n) is 13.9. The maximum Gasteiger partial charge on any atom is 0.225 e. The van der Waals surface area contributed by atoms with Crippen molar-refractivity contribution in [1.29, 1.82) is 0 Å². The van der Waals surface area contributed by atoms with Gasteiger partial charge in [-0.05, 0) is 37.6 Å². The maximum absolute atomic E-state index is 12.2. The lowest BCUT2D eigenvalue weighted by Crippen LogP contribution is -2.33. The van der Waals surface area contributed by atoms with Gasteiger partial charge in [0.15, 0.2) is 0 Å². The van der Waals surface area contributed by atoms with E-state index in [1.807, 2.05) is 18.2 Å². The molecule has 3 nitrogen and oxygen atoms in total. The Morgan fingerprint density at radius 2 is 1.83 bits per heavy atom. The number of benzene rings is 2. The monoisotopic (exact) mass is 364 g/mol. The average molecular weight is 365 g/mol. The average Bonchev–Trinajstić information content (AvgIpc) is 2.55. The molecule has 24 heavy (non-hydrogen) atoms. The maximum atomic E-state index is 12.2. The van der Waals surface area contributed by atoms with Crippen LogP contribution in [-0.2, 0) is 11.3 Å². The van der Waals surface area contributed by atoms with Gasteiger partial charge in [-0.25, -0.2) is 0 Å². The Bertz CT molecular complexity index is 674. The summed E-state index contributed by atoms with van der Waals surface area (Å²) >= 11 is 11.9. The van der Waals surface area contributed by atoms with Crippen LogP contribution in [0.5, 0.6) is 0 Å². The molecule has 0 saturated heterocycles. The van der Waals surface area contributed by atoms with Crippen LogP contribution in [-0.4, -0.2) is 23.4 Å².